The Morgan fingerprint density at radius 1 is 0.970 bits per heavy atom. The summed E-state index contributed by atoms with van der Waals surface area (Å²) in [5, 5.41) is 3.30. The van der Waals surface area contributed by atoms with E-state index in [2.05, 4.69) is 21.2 Å². The van der Waals surface area contributed by atoms with Gasteiger partial charge in [0.2, 0.25) is 11.8 Å². The van der Waals surface area contributed by atoms with Crippen molar-refractivity contribution in [2.24, 2.45) is 5.73 Å². The van der Waals surface area contributed by atoms with Crippen LogP contribution < -0.4 is 15.8 Å². The van der Waals surface area contributed by atoms with Crippen LogP contribution in [0.3, 0.4) is 0 Å². The number of hydrogen-bond acceptors (Lipinski definition) is 4. The van der Waals surface area contributed by atoms with Gasteiger partial charge in [-0.05, 0) is 64.0 Å². The third-order valence-corrected chi connectivity index (χ3v) is 6.35. The second-order valence-electron chi connectivity index (χ2n) is 8.03. The maximum atomic E-state index is 13.0. The molecule has 1 fully saturated rings. The van der Waals surface area contributed by atoms with Crippen molar-refractivity contribution in [2.75, 3.05) is 18.4 Å². The normalized spacial score (nSPS) is 14.0. The third kappa shape index (κ3) is 5.93. The average molecular weight is 508 g/mol. The number of nitrogens with two attached hydrogens (primary N) is 1. The lowest BCUT2D eigenvalue weighted by atomic mass is 10.0. The van der Waals surface area contributed by atoms with Crippen LogP contribution in [-0.4, -0.2) is 35.9 Å². The first-order chi connectivity index (χ1) is 16.0. The van der Waals surface area contributed by atoms with E-state index in [-0.39, 0.29) is 18.4 Å². The lowest BCUT2D eigenvalue weighted by Crippen LogP contribution is -2.42. The highest BCUT2D eigenvalue weighted by molar-refractivity contribution is 9.10. The van der Waals surface area contributed by atoms with Crippen molar-refractivity contribution in [1.29, 1.82) is 0 Å². The minimum Gasteiger partial charge on any atom is -0.489 e. The zero-order valence-electron chi connectivity index (χ0n) is 18.2. The fourth-order valence-electron chi connectivity index (χ4n) is 3.96. The largest absolute Gasteiger partial charge is 0.489 e. The second kappa shape index (κ2) is 10.5. The van der Waals surface area contributed by atoms with E-state index in [1.54, 1.807) is 12.1 Å². The first kappa shape index (κ1) is 22.9. The molecule has 1 aliphatic heterocycles. The highest BCUT2D eigenvalue weighted by Crippen LogP contribution is 2.27. The summed E-state index contributed by atoms with van der Waals surface area (Å²) in [5.41, 5.74) is 8.29. The monoisotopic (exact) mass is 507 g/mol. The van der Waals surface area contributed by atoms with Crippen molar-refractivity contribution in [1.82, 2.24) is 4.90 Å². The summed E-state index contributed by atoms with van der Waals surface area (Å²) in [7, 11) is 0. The number of anilines is 2. The predicted molar refractivity (Wildman–Crippen MR) is 133 cm³/mol. The lowest BCUT2D eigenvalue weighted by molar-refractivity contribution is -0.132. The minimum absolute atomic E-state index is 0.0197. The number of carbonyl (C=O) groups excluding carboxylic acids is 2. The Labute approximate surface area is 201 Å². The molecule has 1 saturated heterocycles. The van der Waals surface area contributed by atoms with Crippen molar-refractivity contribution >= 4 is 39.1 Å². The quantitative estimate of drug-likeness (QED) is 0.476. The Bertz CT molecular complexity index is 1130. The molecule has 6 nitrogen and oxygen atoms in total. The van der Waals surface area contributed by atoms with Crippen LogP contribution >= 0.6 is 15.9 Å². The first-order valence-electron chi connectivity index (χ1n) is 10.9. The summed E-state index contributed by atoms with van der Waals surface area (Å²) in [6, 6.07) is 22.8. The molecule has 3 aromatic rings. The highest BCUT2D eigenvalue weighted by Gasteiger charge is 2.25. The zero-order valence-corrected chi connectivity index (χ0v) is 19.8. The summed E-state index contributed by atoms with van der Waals surface area (Å²) in [4.78, 5) is 26.8. The molecule has 1 aliphatic rings. The molecule has 7 heteroatoms. The smallest absolute Gasteiger partial charge is 0.248 e. The Balaban J connectivity index is 1.39. The van der Waals surface area contributed by atoms with Crippen LogP contribution in [0.4, 0.5) is 11.4 Å². The number of halogens is 1. The first-order valence-corrected chi connectivity index (χ1v) is 11.7. The number of ether oxygens (including phenoxy) is 1. The molecule has 3 aromatic carbocycles. The minimum atomic E-state index is -0.537. The zero-order chi connectivity index (χ0) is 23.2. The molecule has 0 unspecified atom stereocenters. The number of piperidine rings is 1. The number of benzene rings is 3. The molecule has 0 bridgehead atoms. The maximum absolute atomic E-state index is 13.0. The van der Waals surface area contributed by atoms with Crippen LogP contribution in [0.1, 0.15) is 28.8 Å². The van der Waals surface area contributed by atoms with E-state index in [0.717, 1.165) is 34.4 Å². The molecule has 0 aliphatic carbocycles. The van der Waals surface area contributed by atoms with Gasteiger partial charge in [-0.25, -0.2) is 0 Å². The second-order valence-corrected chi connectivity index (χ2v) is 8.89. The van der Waals surface area contributed by atoms with E-state index in [9.17, 15) is 9.59 Å². The molecule has 0 saturated carbocycles. The number of nitrogens with zero attached hydrogens (tertiary/aromatic N) is 1. The number of primary amides is 1. The van der Waals surface area contributed by atoms with Crippen molar-refractivity contribution in [3.8, 4) is 5.75 Å². The molecule has 33 heavy (non-hydrogen) atoms. The molecule has 1 heterocycles. The van der Waals surface area contributed by atoms with E-state index >= 15 is 0 Å². The molecule has 3 N–H and O–H groups in total. The Hall–Kier alpha value is -3.32. The average Bonchev–Trinajstić information content (AvgIpc) is 2.82. The fraction of sp³-hybridized carbons (Fsp3) is 0.231. The van der Waals surface area contributed by atoms with Crippen LogP contribution in [0.15, 0.2) is 77.3 Å². The van der Waals surface area contributed by atoms with Crippen molar-refractivity contribution in [2.45, 2.75) is 25.4 Å². The Morgan fingerprint density at radius 2 is 1.67 bits per heavy atom. The van der Waals surface area contributed by atoms with Gasteiger partial charge in [-0.1, -0.05) is 30.3 Å². The molecule has 4 rings (SSSR count). The van der Waals surface area contributed by atoms with Gasteiger partial charge in [0.05, 0.1) is 10.9 Å². The predicted octanol–water partition coefficient (Wildman–Crippen LogP) is 4.90. The van der Waals surface area contributed by atoms with Crippen LogP contribution in [0.2, 0.25) is 0 Å². The van der Waals surface area contributed by atoms with E-state index in [1.165, 1.54) is 0 Å². The highest BCUT2D eigenvalue weighted by atomic mass is 79.9. The molecule has 0 radical (unpaired) electrons. The fourth-order valence-corrected chi connectivity index (χ4v) is 4.34. The lowest BCUT2D eigenvalue weighted by Gasteiger charge is -2.32. The van der Waals surface area contributed by atoms with Crippen LogP contribution in [0, 0.1) is 0 Å². The number of para-hydroxylation sites is 2. The van der Waals surface area contributed by atoms with Gasteiger partial charge in [-0.2, -0.15) is 0 Å². The van der Waals surface area contributed by atoms with Crippen LogP contribution in [-0.2, 0) is 11.2 Å². The van der Waals surface area contributed by atoms with Gasteiger partial charge in [0.25, 0.3) is 0 Å². The van der Waals surface area contributed by atoms with Crippen LogP contribution in [0.5, 0.6) is 5.75 Å². The van der Waals surface area contributed by atoms with Gasteiger partial charge in [0, 0.05) is 42.9 Å². The summed E-state index contributed by atoms with van der Waals surface area (Å²) < 4.78 is 7.02. The number of likely N-dealkylation sites (tertiary alicyclic amines) is 1. The van der Waals surface area contributed by atoms with E-state index in [4.69, 9.17) is 10.5 Å². The molecule has 0 atom stereocenters. The van der Waals surface area contributed by atoms with Crippen LogP contribution in [0.25, 0.3) is 0 Å². The molecule has 0 aromatic heterocycles. The summed E-state index contributed by atoms with van der Waals surface area (Å²) in [6.45, 7) is 1.23. The van der Waals surface area contributed by atoms with Gasteiger partial charge in [-0.3, -0.25) is 9.59 Å². The standard InChI is InChI=1S/C26H26BrN3O3/c27-23-8-4-5-9-24(23)33-21-12-14-30(15-13-21)25(31)17-18-16-20(10-11-22(18)26(28)32)29-19-6-2-1-3-7-19/h1-11,16,21,29H,12-15,17H2,(H2,28,32). The van der Waals surface area contributed by atoms with Gasteiger partial charge < -0.3 is 20.7 Å². The van der Waals surface area contributed by atoms with Gasteiger partial charge in [0.15, 0.2) is 0 Å². The van der Waals surface area contributed by atoms with E-state index < -0.39 is 5.91 Å². The molecular weight excluding hydrogens is 482 g/mol. The number of carbonyl (C=O) groups is 2. The molecule has 2 amide bonds. The maximum Gasteiger partial charge on any atom is 0.248 e. The SMILES string of the molecule is NC(=O)c1ccc(Nc2ccccc2)cc1CC(=O)N1CCC(Oc2ccccc2Br)CC1. The Morgan fingerprint density at radius 3 is 2.36 bits per heavy atom. The topological polar surface area (TPSA) is 84.7 Å². The summed E-state index contributed by atoms with van der Waals surface area (Å²) in [5.74, 6) is 0.259. The summed E-state index contributed by atoms with van der Waals surface area (Å²) >= 11 is 3.51. The van der Waals surface area contributed by atoms with Gasteiger partial charge in [-0.15, -0.1) is 0 Å². The summed E-state index contributed by atoms with van der Waals surface area (Å²) in [6.07, 6.45) is 1.70. The molecular formula is C26H26BrN3O3. The number of rotatable bonds is 7. The Kier molecular flexibility index (Phi) is 7.29. The van der Waals surface area contributed by atoms with E-state index in [0.29, 0.717) is 24.2 Å². The van der Waals surface area contributed by atoms with Crippen molar-refractivity contribution in [3.05, 3.63) is 88.4 Å². The number of nitrogens with one attached hydrogen (secondary N) is 1. The number of amides is 2. The van der Waals surface area contributed by atoms with Crippen molar-refractivity contribution < 1.29 is 14.3 Å². The molecule has 170 valence electrons. The van der Waals surface area contributed by atoms with Gasteiger partial charge in [0.1, 0.15) is 11.9 Å². The third-order valence-electron chi connectivity index (χ3n) is 5.70. The van der Waals surface area contributed by atoms with Gasteiger partial charge >= 0.3 is 0 Å². The van der Waals surface area contributed by atoms with E-state index in [1.807, 2.05) is 65.6 Å². The van der Waals surface area contributed by atoms with Crippen molar-refractivity contribution in [3.63, 3.8) is 0 Å². The molecule has 0 spiro atoms. The number of hydrogen-bond donors (Lipinski definition) is 2.